The standard InChI is InChI=1S/C10H8FN3O/c1-14-10(5-12-13-14)7-2-3-9(11)8(4-7)6-15/h2-6H,1H3. The van der Waals surface area contributed by atoms with Gasteiger partial charge in [0.05, 0.1) is 17.5 Å². The largest absolute Gasteiger partial charge is 0.298 e. The highest BCUT2D eigenvalue weighted by atomic mass is 19.1. The Balaban J connectivity index is 2.55. The number of carbonyl (C=O) groups excluding carboxylic acids is 1. The molecule has 0 atom stereocenters. The molecule has 76 valence electrons. The number of aldehydes is 1. The minimum absolute atomic E-state index is 0.0358. The lowest BCUT2D eigenvalue weighted by Crippen LogP contribution is -1.95. The second-order valence-electron chi connectivity index (χ2n) is 3.10. The van der Waals surface area contributed by atoms with E-state index in [1.165, 1.54) is 12.1 Å². The molecule has 0 N–H and O–H groups in total. The Bertz CT molecular complexity index is 507. The molecular formula is C10H8FN3O. The first-order valence-corrected chi connectivity index (χ1v) is 4.32. The molecule has 0 radical (unpaired) electrons. The van der Waals surface area contributed by atoms with E-state index in [1.807, 2.05) is 0 Å². The average Bonchev–Trinajstić information content (AvgIpc) is 2.65. The Kier molecular flexibility index (Phi) is 2.29. The molecule has 2 rings (SSSR count). The van der Waals surface area contributed by atoms with E-state index in [2.05, 4.69) is 10.3 Å². The zero-order valence-electron chi connectivity index (χ0n) is 8.01. The third kappa shape index (κ3) is 1.63. The van der Waals surface area contributed by atoms with Crippen molar-refractivity contribution in [2.45, 2.75) is 0 Å². The van der Waals surface area contributed by atoms with E-state index < -0.39 is 5.82 Å². The predicted octanol–water partition coefficient (Wildman–Crippen LogP) is 1.43. The van der Waals surface area contributed by atoms with Gasteiger partial charge in [0.25, 0.3) is 0 Å². The summed E-state index contributed by atoms with van der Waals surface area (Å²) in [5.74, 6) is -0.524. The zero-order chi connectivity index (χ0) is 10.8. The smallest absolute Gasteiger partial charge is 0.153 e. The maximum Gasteiger partial charge on any atom is 0.153 e. The zero-order valence-corrected chi connectivity index (χ0v) is 8.01. The molecular weight excluding hydrogens is 197 g/mol. The lowest BCUT2D eigenvalue weighted by Gasteiger charge is -2.02. The summed E-state index contributed by atoms with van der Waals surface area (Å²) in [5.41, 5.74) is 1.48. The van der Waals surface area contributed by atoms with Gasteiger partial charge in [-0.2, -0.15) is 0 Å². The van der Waals surface area contributed by atoms with Gasteiger partial charge in [-0.3, -0.25) is 4.79 Å². The summed E-state index contributed by atoms with van der Waals surface area (Å²) in [7, 11) is 1.73. The van der Waals surface area contributed by atoms with Crippen LogP contribution in [0.25, 0.3) is 11.3 Å². The summed E-state index contributed by atoms with van der Waals surface area (Å²) in [5, 5.41) is 7.46. The van der Waals surface area contributed by atoms with Crippen molar-refractivity contribution >= 4 is 6.29 Å². The fourth-order valence-corrected chi connectivity index (χ4v) is 1.34. The lowest BCUT2D eigenvalue weighted by molar-refractivity contribution is 0.112. The third-order valence-corrected chi connectivity index (χ3v) is 2.13. The van der Waals surface area contributed by atoms with Gasteiger partial charge in [0, 0.05) is 12.6 Å². The summed E-state index contributed by atoms with van der Waals surface area (Å²) in [6, 6.07) is 4.31. The van der Waals surface area contributed by atoms with E-state index in [1.54, 1.807) is 24.0 Å². The summed E-state index contributed by atoms with van der Waals surface area (Å²) in [6.07, 6.45) is 2.05. The number of rotatable bonds is 2. The number of benzene rings is 1. The average molecular weight is 205 g/mol. The second-order valence-corrected chi connectivity index (χ2v) is 3.10. The number of hydrogen-bond donors (Lipinski definition) is 0. The number of aromatic nitrogens is 3. The Morgan fingerprint density at radius 1 is 1.47 bits per heavy atom. The molecule has 0 spiro atoms. The lowest BCUT2D eigenvalue weighted by atomic mass is 10.1. The van der Waals surface area contributed by atoms with Crippen LogP contribution in [0.15, 0.2) is 24.4 Å². The SMILES string of the molecule is Cn1nncc1-c1ccc(F)c(C=O)c1. The molecule has 0 aliphatic heterocycles. The van der Waals surface area contributed by atoms with E-state index in [0.29, 0.717) is 11.8 Å². The van der Waals surface area contributed by atoms with E-state index in [9.17, 15) is 9.18 Å². The molecule has 0 fully saturated rings. The summed E-state index contributed by atoms with van der Waals surface area (Å²) >= 11 is 0. The maximum absolute atomic E-state index is 13.0. The number of nitrogens with zero attached hydrogens (tertiary/aromatic N) is 3. The Hall–Kier alpha value is -2.04. The van der Waals surface area contributed by atoms with Crippen molar-refractivity contribution in [1.82, 2.24) is 15.0 Å². The predicted molar refractivity (Wildman–Crippen MR) is 51.8 cm³/mol. The summed E-state index contributed by atoms with van der Waals surface area (Å²) in [6.45, 7) is 0. The van der Waals surface area contributed by atoms with Crippen molar-refractivity contribution in [2.75, 3.05) is 0 Å². The normalized spacial score (nSPS) is 10.3. The Labute approximate surface area is 85.3 Å². The van der Waals surface area contributed by atoms with Gasteiger partial charge < -0.3 is 0 Å². The molecule has 1 heterocycles. The van der Waals surface area contributed by atoms with Crippen LogP contribution >= 0.6 is 0 Å². The van der Waals surface area contributed by atoms with Crippen molar-refractivity contribution in [3.63, 3.8) is 0 Å². The van der Waals surface area contributed by atoms with Crippen LogP contribution in [-0.2, 0) is 7.05 Å². The Morgan fingerprint density at radius 2 is 2.27 bits per heavy atom. The van der Waals surface area contributed by atoms with Crippen LogP contribution < -0.4 is 0 Å². The van der Waals surface area contributed by atoms with Gasteiger partial charge >= 0.3 is 0 Å². The second kappa shape index (κ2) is 3.61. The highest BCUT2D eigenvalue weighted by molar-refractivity contribution is 5.78. The van der Waals surface area contributed by atoms with Crippen LogP contribution in [-0.4, -0.2) is 21.3 Å². The fourth-order valence-electron chi connectivity index (χ4n) is 1.34. The van der Waals surface area contributed by atoms with Gasteiger partial charge in [-0.05, 0) is 18.2 Å². The molecule has 0 aliphatic carbocycles. The first-order valence-electron chi connectivity index (χ1n) is 4.32. The first kappa shape index (κ1) is 9.51. The van der Waals surface area contributed by atoms with Gasteiger partial charge in [-0.25, -0.2) is 9.07 Å². The van der Waals surface area contributed by atoms with Crippen LogP contribution in [0.5, 0.6) is 0 Å². The molecule has 5 heteroatoms. The van der Waals surface area contributed by atoms with Crippen molar-refractivity contribution in [1.29, 1.82) is 0 Å². The minimum atomic E-state index is -0.524. The van der Waals surface area contributed by atoms with Gasteiger partial charge in [0.15, 0.2) is 6.29 Å². The van der Waals surface area contributed by atoms with E-state index in [0.717, 1.165) is 5.69 Å². The topological polar surface area (TPSA) is 47.8 Å². The van der Waals surface area contributed by atoms with Crippen molar-refractivity contribution in [2.24, 2.45) is 7.05 Å². The number of hydrogen-bond acceptors (Lipinski definition) is 3. The molecule has 1 aromatic heterocycles. The van der Waals surface area contributed by atoms with Crippen LogP contribution in [0.2, 0.25) is 0 Å². The third-order valence-electron chi connectivity index (χ3n) is 2.13. The van der Waals surface area contributed by atoms with Crippen LogP contribution in [0.1, 0.15) is 10.4 Å². The summed E-state index contributed by atoms with van der Waals surface area (Å²) in [4.78, 5) is 10.6. The number of aryl methyl sites for hydroxylation is 1. The molecule has 0 saturated heterocycles. The van der Waals surface area contributed by atoms with Gasteiger partial charge in [0.2, 0.25) is 0 Å². The first-order chi connectivity index (χ1) is 7.22. The van der Waals surface area contributed by atoms with Crippen LogP contribution in [0, 0.1) is 5.82 Å². The van der Waals surface area contributed by atoms with Crippen molar-refractivity contribution in [3.8, 4) is 11.3 Å². The highest BCUT2D eigenvalue weighted by Gasteiger charge is 2.07. The minimum Gasteiger partial charge on any atom is -0.298 e. The Morgan fingerprint density at radius 3 is 2.87 bits per heavy atom. The summed E-state index contributed by atoms with van der Waals surface area (Å²) < 4.78 is 14.6. The monoisotopic (exact) mass is 205 g/mol. The van der Waals surface area contributed by atoms with E-state index in [4.69, 9.17) is 0 Å². The van der Waals surface area contributed by atoms with Crippen molar-refractivity contribution in [3.05, 3.63) is 35.8 Å². The molecule has 0 unspecified atom stereocenters. The molecule has 2 aromatic rings. The van der Waals surface area contributed by atoms with Crippen LogP contribution in [0.3, 0.4) is 0 Å². The highest BCUT2D eigenvalue weighted by Crippen LogP contribution is 2.19. The molecule has 0 amide bonds. The van der Waals surface area contributed by atoms with E-state index in [-0.39, 0.29) is 5.56 Å². The van der Waals surface area contributed by atoms with Crippen LogP contribution in [0.4, 0.5) is 4.39 Å². The van der Waals surface area contributed by atoms with E-state index >= 15 is 0 Å². The van der Waals surface area contributed by atoms with Crippen molar-refractivity contribution < 1.29 is 9.18 Å². The molecule has 15 heavy (non-hydrogen) atoms. The number of halogens is 1. The quantitative estimate of drug-likeness (QED) is 0.697. The fraction of sp³-hybridized carbons (Fsp3) is 0.100. The molecule has 0 saturated carbocycles. The maximum atomic E-state index is 13.0. The molecule has 0 bridgehead atoms. The molecule has 4 nitrogen and oxygen atoms in total. The van der Waals surface area contributed by atoms with Gasteiger partial charge in [-0.15, -0.1) is 5.10 Å². The number of carbonyl (C=O) groups is 1. The van der Waals surface area contributed by atoms with Gasteiger partial charge in [-0.1, -0.05) is 5.21 Å². The molecule has 1 aromatic carbocycles. The van der Waals surface area contributed by atoms with Gasteiger partial charge in [0.1, 0.15) is 5.82 Å². The molecule has 0 aliphatic rings.